The van der Waals surface area contributed by atoms with Crippen LogP contribution in [0.25, 0.3) is 6.08 Å². The first kappa shape index (κ1) is 18.3. The number of nitrogens with zero attached hydrogens (tertiary/aromatic N) is 2. The van der Waals surface area contributed by atoms with Crippen molar-refractivity contribution in [2.75, 3.05) is 0 Å². The number of aromatic nitrogens is 1. The van der Waals surface area contributed by atoms with Crippen LogP contribution in [0.5, 0.6) is 5.75 Å². The number of hydrogen-bond acceptors (Lipinski definition) is 5. The fourth-order valence-corrected chi connectivity index (χ4v) is 5.57. The molecule has 2 aromatic carbocycles. The van der Waals surface area contributed by atoms with Gasteiger partial charge in [0, 0.05) is 10.6 Å². The summed E-state index contributed by atoms with van der Waals surface area (Å²) in [5.74, 6) is 0.0168. The van der Waals surface area contributed by atoms with Gasteiger partial charge in [-0.3, -0.25) is 14.2 Å². The number of halogens is 1. The molecule has 7 heteroatoms. The fourth-order valence-electron chi connectivity index (χ4n) is 4.29. The van der Waals surface area contributed by atoms with E-state index in [4.69, 9.17) is 21.3 Å². The van der Waals surface area contributed by atoms with Gasteiger partial charge in [0.15, 0.2) is 4.80 Å². The summed E-state index contributed by atoms with van der Waals surface area (Å²) in [7, 11) is 0. The average Bonchev–Trinajstić information content (AvgIpc) is 2.96. The van der Waals surface area contributed by atoms with Crippen LogP contribution in [0.15, 0.2) is 58.3 Å². The summed E-state index contributed by atoms with van der Waals surface area (Å²) < 4.78 is 8.34. The largest absolute Gasteiger partial charge is 0.465 e. The minimum atomic E-state index is -1.05. The number of thiazole rings is 1. The molecule has 0 N–H and O–H groups in total. The van der Waals surface area contributed by atoms with Crippen molar-refractivity contribution in [2.45, 2.75) is 25.6 Å². The van der Waals surface area contributed by atoms with E-state index in [1.54, 1.807) is 16.7 Å². The Morgan fingerprint density at radius 1 is 1.24 bits per heavy atom. The molecule has 0 saturated carbocycles. The van der Waals surface area contributed by atoms with Crippen molar-refractivity contribution in [3.05, 3.63) is 84.4 Å². The molecule has 0 saturated heterocycles. The minimum Gasteiger partial charge on any atom is -0.465 e. The Labute approximate surface area is 175 Å². The zero-order valence-electron chi connectivity index (χ0n) is 15.8. The highest BCUT2D eigenvalue weighted by Gasteiger charge is 2.53. The molecule has 3 aromatic rings. The number of para-hydroxylation sites is 1. The predicted molar refractivity (Wildman–Crippen MR) is 112 cm³/mol. The van der Waals surface area contributed by atoms with E-state index in [2.05, 4.69) is 0 Å². The fraction of sp³-hybridized carbons (Fsp3) is 0.227. The van der Waals surface area contributed by atoms with Gasteiger partial charge in [0.2, 0.25) is 5.72 Å². The zero-order chi connectivity index (χ0) is 20.3. The highest BCUT2D eigenvalue weighted by Crippen LogP contribution is 2.47. The summed E-state index contributed by atoms with van der Waals surface area (Å²) in [6, 6.07) is 14.4. The van der Waals surface area contributed by atoms with Crippen LogP contribution < -0.4 is 19.6 Å². The number of fused-ring (bicyclic) bond motifs is 6. The third kappa shape index (κ3) is 2.70. The topological polar surface area (TPSA) is 60.7 Å². The SMILES string of the molecule is CC(=O)[C@@H]1[C@@H]2c3ccccc3O[C@]1(C)N=c1s/c(=C/c3ccccc3Cl)c(=O)n12. The van der Waals surface area contributed by atoms with Gasteiger partial charge in [-0.15, -0.1) is 0 Å². The Hall–Kier alpha value is -2.70. The van der Waals surface area contributed by atoms with Gasteiger partial charge in [-0.2, -0.15) is 0 Å². The molecule has 29 heavy (non-hydrogen) atoms. The van der Waals surface area contributed by atoms with Gasteiger partial charge in [-0.25, -0.2) is 4.99 Å². The highest BCUT2D eigenvalue weighted by atomic mass is 35.5. The van der Waals surface area contributed by atoms with Crippen LogP contribution in [0.4, 0.5) is 0 Å². The average molecular weight is 425 g/mol. The molecule has 2 aliphatic rings. The predicted octanol–water partition coefficient (Wildman–Crippen LogP) is 2.93. The molecule has 5 rings (SSSR count). The van der Waals surface area contributed by atoms with E-state index in [1.165, 1.54) is 18.3 Å². The van der Waals surface area contributed by atoms with Crippen LogP contribution in [-0.2, 0) is 4.79 Å². The molecule has 0 radical (unpaired) electrons. The molecule has 5 nitrogen and oxygen atoms in total. The van der Waals surface area contributed by atoms with Gasteiger partial charge in [-0.1, -0.05) is 59.3 Å². The Morgan fingerprint density at radius 3 is 2.72 bits per heavy atom. The molecule has 0 aliphatic carbocycles. The van der Waals surface area contributed by atoms with Gasteiger partial charge in [0.1, 0.15) is 17.5 Å². The van der Waals surface area contributed by atoms with Crippen LogP contribution in [0.3, 0.4) is 0 Å². The first-order valence-electron chi connectivity index (χ1n) is 9.25. The number of ketones is 1. The zero-order valence-corrected chi connectivity index (χ0v) is 17.3. The summed E-state index contributed by atoms with van der Waals surface area (Å²) in [5, 5.41) is 0.571. The van der Waals surface area contributed by atoms with Crippen LogP contribution >= 0.6 is 22.9 Å². The Bertz CT molecular complexity index is 1340. The molecule has 0 amide bonds. The van der Waals surface area contributed by atoms with E-state index in [-0.39, 0.29) is 11.3 Å². The van der Waals surface area contributed by atoms with Crippen molar-refractivity contribution in [3.63, 3.8) is 0 Å². The van der Waals surface area contributed by atoms with E-state index in [0.717, 1.165) is 11.1 Å². The number of rotatable bonds is 2. The maximum atomic E-state index is 13.4. The molecule has 3 atom stereocenters. The second-order valence-electron chi connectivity index (χ2n) is 7.43. The van der Waals surface area contributed by atoms with Crippen LogP contribution in [-0.4, -0.2) is 16.1 Å². The molecule has 0 fully saturated rings. The van der Waals surface area contributed by atoms with Crippen LogP contribution in [0, 0.1) is 5.92 Å². The van der Waals surface area contributed by atoms with E-state index >= 15 is 0 Å². The number of Topliss-reactive ketones (excluding diaryl/α,β-unsaturated/α-hetero) is 1. The van der Waals surface area contributed by atoms with Gasteiger partial charge < -0.3 is 4.74 Å². The highest BCUT2D eigenvalue weighted by molar-refractivity contribution is 7.07. The first-order valence-corrected chi connectivity index (χ1v) is 10.4. The number of carbonyl (C=O) groups is 1. The van der Waals surface area contributed by atoms with Gasteiger partial charge in [0.25, 0.3) is 5.56 Å². The van der Waals surface area contributed by atoms with Crippen molar-refractivity contribution in [1.29, 1.82) is 0 Å². The van der Waals surface area contributed by atoms with Gasteiger partial charge in [-0.05, 0) is 37.6 Å². The van der Waals surface area contributed by atoms with Crippen molar-refractivity contribution in [2.24, 2.45) is 10.9 Å². The monoisotopic (exact) mass is 424 g/mol. The molecule has 3 heterocycles. The lowest BCUT2D eigenvalue weighted by Gasteiger charge is -2.45. The maximum absolute atomic E-state index is 13.4. The lowest BCUT2D eigenvalue weighted by molar-refractivity contribution is -0.132. The summed E-state index contributed by atoms with van der Waals surface area (Å²) in [4.78, 5) is 31.3. The molecular weight excluding hydrogens is 408 g/mol. The first-order chi connectivity index (χ1) is 13.9. The molecule has 146 valence electrons. The molecular formula is C22H17ClN2O3S. The van der Waals surface area contributed by atoms with Gasteiger partial charge in [0.05, 0.1) is 10.6 Å². The maximum Gasteiger partial charge on any atom is 0.270 e. The van der Waals surface area contributed by atoms with E-state index in [1.807, 2.05) is 49.4 Å². The number of hydrogen-bond donors (Lipinski definition) is 0. The van der Waals surface area contributed by atoms with Crippen molar-refractivity contribution >= 4 is 34.8 Å². The standard InChI is InChI=1S/C22H17ClN2O3S/c1-12(26)18-19-14-8-4-6-10-16(14)28-22(18,2)24-21-25(19)20(27)17(29-21)11-13-7-3-5-9-15(13)23/h3-11,18-19H,1-2H3/b17-11+/t18-,19+,22+/m1/s1. The van der Waals surface area contributed by atoms with Crippen molar-refractivity contribution in [3.8, 4) is 5.75 Å². The lowest BCUT2D eigenvalue weighted by atomic mass is 9.79. The molecule has 0 unspecified atom stereocenters. The number of carbonyl (C=O) groups excluding carboxylic acids is 1. The van der Waals surface area contributed by atoms with Crippen LogP contribution in [0.1, 0.15) is 31.0 Å². The van der Waals surface area contributed by atoms with E-state index in [9.17, 15) is 9.59 Å². The van der Waals surface area contributed by atoms with E-state index < -0.39 is 17.7 Å². The third-order valence-electron chi connectivity index (χ3n) is 5.51. The summed E-state index contributed by atoms with van der Waals surface area (Å²) in [6.45, 7) is 3.34. The second-order valence-corrected chi connectivity index (χ2v) is 8.85. The Morgan fingerprint density at radius 2 is 1.97 bits per heavy atom. The number of benzene rings is 2. The number of ether oxygens (including phenoxy) is 1. The van der Waals surface area contributed by atoms with E-state index in [0.29, 0.717) is 20.1 Å². The quantitative estimate of drug-likeness (QED) is 0.635. The molecule has 2 aliphatic heterocycles. The van der Waals surface area contributed by atoms with Crippen LogP contribution in [0.2, 0.25) is 5.02 Å². The van der Waals surface area contributed by atoms with Gasteiger partial charge >= 0.3 is 0 Å². The smallest absolute Gasteiger partial charge is 0.270 e. The van der Waals surface area contributed by atoms with Crippen molar-refractivity contribution in [1.82, 2.24) is 4.57 Å². The lowest BCUT2D eigenvalue weighted by Crippen LogP contribution is -2.58. The molecule has 1 aromatic heterocycles. The molecule has 2 bridgehead atoms. The summed E-state index contributed by atoms with van der Waals surface area (Å²) >= 11 is 7.56. The minimum absolute atomic E-state index is 0.0591. The summed E-state index contributed by atoms with van der Waals surface area (Å²) in [5.41, 5.74) is 0.359. The van der Waals surface area contributed by atoms with Crippen molar-refractivity contribution < 1.29 is 9.53 Å². The Balaban J connectivity index is 1.83. The summed E-state index contributed by atoms with van der Waals surface area (Å²) in [6.07, 6.45) is 1.78. The Kier molecular flexibility index (Phi) is 4.05. The normalized spacial score (nSPS) is 24.9. The second kappa shape index (κ2) is 6.40. The molecule has 0 spiro atoms. The third-order valence-corrected chi connectivity index (χ3v) is 6.84.